The van der Waals surface area contributed by atoms with Gasteiger partial charge in [-0.25, -0.2) is 0 Å². The van der Waals surface area contributed by atoms with Gasteiger partial charge in [-0.2, -0.15) is 0 Å². The van der Waals surface area contributed by atoms with Gasteiger partial charge in [0.25, 0.3) is 0 Å². The molecule has 1 fully saturated rings. The zero-order valence-corrected chi connectivity index (χ0v) is 38.7. The Morgan fingerprint density at radius 2 is 0.908 bits per heavy atom. The number of rotatable bonds is 21. The fraction of sp³-hybridized carbons (Fsp3) is 0.483. The van der Waals surface area contributed by atoms with Crippen LogP contribution in [0.15, 0.2) is 117 Å². The van der Waals surface area contributed by atoms with Crippen LogP contribution in [0.3, 0.4) is 0 Å². The van der Waals surface area contributed by atoms with E-state index in [1.807, 2.05) is 75.9 Å². The van der Waals surface area contributed by atoms with Crippen LogP contribution in [0.25, 0.3) is 18.2 Å². The Labute approximate surface area is 406 Å². The maximum atomic E-state index is 8.77. The van der Waals surface area contributed by atoms with Gasteiger partial charge in [-0.15, -0.1) is 0 Å². The average Bonchev–Trinajstić information content (AvgIpc) is 4.04. The predicted octanol–water partition coefficient (Wildman–Crippen LogP) is 16.8. The molecule has 3 unspecified atom stereocenters. The fourth-order valence-corrected chi connectivity index (χ4v) is 6.67. The van der Waals surface area contributed by atoms with Crippen LogP contribution >= 0.6 is 9.12 Å². The molecule has 0 amide bonds. The number of ether oxygens (including phenoxy) is 2. The van der Waals surface area contributed by atoms with Crippen LogP contribution in [0.1, 0.15) is 162 Å². The van der Waals surface area contributed by atoms with Gasteiger partial charge in [-0.05, 0) is 168 Å². The number of benzene rings is 4. The van der Waals surface area contributed by atoms with Crippen molar-refractivity contribution in [1.82, 2.24) is 9.80 Å². The molecule has 5 nitrogen and oxygen atoms in total. The Morgan fingerprint density at radius 1 is 0.585 bits per heavy atom. The van der Waals surface area contributed by atoms with Crippen LogP contribution in [0.2, 0.25) is 0 Å². The van der Waals surface area contributed by atoms with E-state index < -0.39 is 0 Å². The van der Waals surface area contributed by atoms with Crippen molar-refractivity contribution < 1.29 is 14.2 Å². The van der Waals surface area contributed by atoms with Gasteiger partial charge < -0.3 is 19.3 Å². The minimum absolute atomic E-state index is 0. The van der Waals surface area contributed by atoms with E-state index in [9.17, 15) is 0 Å². The van der Waals surface area contributed by atoms with Crippen LogP contribution in [0, 0.1) is 0 Å². The van der Waals surface area contributed by atoms with Gasteiger partial charge in [-0.3, -0.25) is 0 Å². The quantitative estimate of drug-likeness (QED) is 0.0473. The monoisotopic (exact) mass is 913 g/mol. The van der Waals surface area contributed by atoms with Crippen molar-refractivity contribution in [3.8, 4) is 11.5 Å². The second-order valence-corrected chi connectivity index (χ2v) is 16.4. The number of unbranched alkanes of at least 4 members (excludes halogenated alkanes) is 2. The van der Waals surface area contributed by atoms with Gasteiger partial charge in [0, 0.05) is 0 Å². The molecule has 5 rings (SSSR count). The molecule has 0 radical (unpaired) electrons. The van der Waals surface area contributed by atoms with E-state index >= 15 is 0 Å². The summed E-state index contributed by atoms with van der Waals surface area (Å²) in [5.41, 5.74) is 8.22. The summed E-state index contributed by atoms with van der Waals surface area (Å²) in [6.45, 7) is 22.5. The summed E-state index contributed by atoms with van der Waals surface area (Å²) in [4.78, 5) is 4.42. The number of hydrogen-bond donors (Lipinski definition) is 0. The summed E-state index contributed by atoms with van der Waals surface area (Å²) in [7, 11) is 10.3. The first-order valence-corrected chi connectivity index (χ1v) is 22.1. The molecule has 0 bridgehead atoms. The van der Waals surface area contributed by atoms with Gasteiger partial charge in [0.05, 0.1) is 13.2 Å². The van der Waals surface area contributed by atoms with Crippen molar-refractivity contribution in [3.05, 3.63) is 150 Å². The summed E-state index contributed by atoms with van der Waals surface area (Å²) in [6.07, 6.45) is 15.1. The van der Waals surface area contributed by atoms with Crippen molar-refractivity contribution >= 4 is 34.2 Å². The van der Waals surface area contributed by atoms with E-state index in [0.717, 1.165) is 67.3 Å². The number of nitrogens with zero attached hydrogens (tertiary/aromatic N) is 2. The Kier molecular flexibility index (Phi) is 43.3. The molecule has 1 saturated carbocycles. The molecule has 7 heteroatoms. The van der Waals surface area contributed by atoms with Gasteiger partial charge in [0.1, 0.15) is 11.5 Å². The van der Waals surface area contributed by atoms with Crippen LogP contribution in [-0.2, 0) is 10.1 Å². The van der Waals surface area contributed by atoms with Crippen molar-refractivity contribution in [2.75, 3.05) is 54.5 Å². The summed E-state index contributed by atoms with van der Waals surface area (Å²) < 4.78 is 20.4. The van der Waals surface area contributed by atoms with E-state index in [2.05, 4.69) is 127 Å². The zero-order chi connectivity index (χ0) is 43.5. The van der Waals surface area contributed by atoms with Crippen molar-refractivity contribution in [3.63, 3.8) is 0 Å². The molecule has 1 aliphatic rings. The van der Waals surface area contributed by atoms with Crippen LogP contribution in [-0.4, -0.2) is 71.2 Å². The van der Waals surface area contributed by atoms with E-state index in [1.165, 1.54) is 55.2 Å². The summed E-state index contributed by atoms with van der Waals surface area (Å²) in [5.74, 6) is 3.19. The third kappa shape index (κ3) is 28.5. The van der Waals surface area contributed by atoms with Crippen LogP contribution < -0.4 is 9.47 Å². The minimum atomic E-state index is 0. The van der Waals surface area contributed by atoms with Gasteiger partial charge in [0.2, 0.25) is 0 Å². The van der Waals surface area contributed by atoms with Crippen LogP contribution in [0.5, 0.6) is 11.5 Å². The first kappa shape index (κ1) is 69.9. The maximum absolute atomic E-state index is 8.77. The molecule has 4 aromatic rings. The standard InChI is InChI=1S/C28H41NO.C14H21NO.C10H10.6CH4.BH2OP/c1-6-22(2)24-9-11-25(12-10-24)23(3)21-28(17-18-28)26-13-15-27(16-14-26)30-20-8-7-19-29(4)5;1-4-13-7-9-14(10-8-13)16-12-6-5-11-15(2)3;1-3-9-5-7-10(4-2)8-6-9;;;;;;;2-1-3/h9-16,22-23H,6-8,17-21H2,1-5H3;4,7-10H,1,5-6,11-12H2,2-3H3;3-8H,1-2H2;6*1H4;3H2. The third-order valence-corrected chi connectivity index (χ3v) is 10.8. The molecule has 0 aliphatic heterocycles. The third-order valence-electron chi connectivity index (χ3n) is 10.8. The molecule has 366 valence electrons. The molecule has 0 saturated heterocycles. The molecule has 0 aromatic heterocycles. The van der Waals surface area contributed by atoms with Crippen molar-refractivity contribution in [2.45, 2.75) is 134 Å². The van der Waals surface area contributed by atoms with Crippen molar-refractivity contribution in [1.29, 1.82) is 0 Å². The average molecular weight is 913 g/mol. The molecular formula is C58H98BN2O3P. The first-order chi connectivity index (χ1) is 28.4. The van der Waals surface area contributed by atoms with E-state index in [-0.39, 0.29) is 44.6 Å². The SMILES string of the molecule is C.C.C.C.C.C.C=Cc1ccc(C=C)cc1.C=Cc1ccc(OCCCCN(C)C)cc1.CCC(C)c1ccc(C(C)CC2(c3ccc(OCCCCN(C)C)cc3)CC2)cc1.O=BP. The predicted molar refractivity (Wildman–Crippen MR) is 302 cm³/mol. The summed E-state index contributed by atoms with van der Waals surface area (Å²) >= 11 is 0. The summed E-state index contributed by atoms with van der Waals surface area (Å²) in [5, 5.41) is 0. The molecule has 65 heavy (non-hydrogen) atoms. The van der Waals surface area contributed by atoms with E-state index in [1.54, 1.807) is 0 Å². The Balaban J connectivity index is -0.000000291. The summed E-state index contributed by atoms with van der Waals surface area (Å²) in [6, 6.07) is 34.4. The second kappa shape index (κ2) is 40.2. The Bertz CT molecular complexity index is 1710. The van der Waals surface area contributed by atoms with Gasteiger partial charge >= 0.3 is 20.7 Å². The van der Waals surface area contributed by atoms with Gasteiger partial charge in [-0.1, -0.05) is 176 Å². The molecule has 0 heterocycles. The van der Waals surface area contributed by atoms with E-state index in [4.69, 9.17) is 14.2 Å². The molecule has 0 N–H and O–H groups in total. The molecule has 0 spiro atoms. The number of hydrogen-bond acceptors (Lipinski definition) is 5. The normalized spacial score (nSPS) is 11.9. The molecular weight excluding hydrogens is 814 g/mol. The second-order valence-electron chi connectivity index (χ2n) is 16.1. The van der Waals surface area contributed by atoms with E-state index in [0.29, 0.717) is 24.1 Å². The van der Waals surface area contributed by atoms with Crippen molar-refractivity contribution in [2.24, 2.45) is 0 Å². The molecule has 4 aromatic carbocycles. The Morgan fingerprint density at radius 3 is 1.22 bits per heavy atom. The fourth-order valence-electron chi connectivity index (χ4n) is 6.67. The zero-order valence-electron chi connectivity index (χ0n) is 37.5. The molecule has 1 aliphatic carbocycles. The topological polar surface area (TPSA) is 42.0 Å². The Hall–Kier alpha value is -4.09. The van der Waals surface area contributed by atoms with Gasteiger partial charge in [0.15, 0.2) is 0 Å². The first-order valence-electron chi connectivity index (χ1n) is 21.4. The van der Waals surface area contributed by atoms with Crippen LogP contribution in [0.4, 0.5) is 0 Å². The molecule has 3 atom stereocenters.